The van der Waals surface area contributed by atoms with Crippen LogP contribution in [0.4, 0.5) is 0 Å². The Hall–Kier alpha value is -1.80. The summed E-state index contributed by atoms with van der Waals surface area (Å²) in [5.41, 5.74) is 0.952. The normalized spacial score (nSPS) is 26.6. The third kappa shape index (κ3) is 3.78. The van der Waals surface area contributed by atoms with E-state index in [-0.39, 0.29) is 29.6 Å². The first kappa shape index (κ1) is 18.6. The van der Waals surface area contributed by atoms with Crippen molar-refractivity contribution in [3.63, 3.8) is 0 Å². The fourth-order valence-electron chi connectivity index (χ4n) is 4.43. The predicted molar refractivity (Wildman–Crippen MR) is 101 cm³/mol. The second kappa shape index (κ2) is 7.67. The average molecular weight is 391 g/mol. The number of likely N-dealkylation sites (tertiary alicyclic amines) is 1. The largest absolute Gasteiger partial charge is 0.340 e. The van der Waals surface area contributed by atoms with Gasteiger partial charge in [0, 0.05) is 37.3 Å². The van der Waals surface area contributed by atoms with Crippen LogP contribution in [0.3, 0.4) is 0 Å². The molecule has 4 rings (SSSR count). The van der Waals surface area contributed by atoms with Crippen molar-refractivity contribution in [2.45, 2.75) is 39.0 Å². The second-order valence-corrected chi connectivity index (χ2v) is 8.74. The van der Waals surface area contributed by atoms with Gasteiger partial charge in [0.15, 0.2) is 0 Å². The zero-order chi connectivity index (χ0) is 19.0. The van der Waals surface area contributed by atoms with Crippen molar-refractivity contribution < 1.29 is 14.4 Å². The van der Waals surface area contributed by atoms with Crippen molar-refractivity contribution in [1.82, 2.24) is 19.7 Å². The number of aryl methyl sites for hydroxylation is 1. The van der Waals surface area contributed by atoms with E-state index in [2.05, 4.69) is 9.88 Å². The zero-order valence-electron chi connectivity index (χ0n) is 15.7. The molecule has 3 amide bonds. The molecule has 2 aliphatic heterocycles. The Labute approximate surface area is 163 Å². The molecule has 2 atom stereocenters. The Morgan fingerprint density at radius 2 is 1.74 bits per heavy atom. The minimum Gasteiger partial charge on any atom is -0.340 e. The van der Waals surface area contributed by atoms with Crippen molar-refractivity contribution in [3.05, 3.63) is 16.1 Å². The lowest BCUT2D eigenvalue weighted by atomic mass is 9.81. The molecule has 3 heterocycles. The number of imide groups is 1. The molecule has 0 N–H and O–H groups in total. The first-order valence-corrected chi connectivity index (χ1v) is 10.7. The number of rotatable bonds is 4. The Morgan fingerprint density at radius 1 is 1.11 bits per heavy atom. The van der Waals surface area contributed by atoms with E-state index in [0.29, 0.717) is 39.3 Å². The third-order valence-electron chi connectivity index (χ3n) is 5.97. The Balaban J connectivity index is 1.29. The fourth-order valence-corrected chi connectivity index (χ4v) is 5.20. The molecule has 3 aliphatic rings. The summed E-state index contributed by atoms with van der Waals surface area (Å²) in [5, 5.41) is 2.82. The number of piperazine rings is 1. The van der Waals surface area contributed by atoms with Gasteiger partial charge in [-0.15, -0.1) is 11.3 Å². The number of carbonyl (C=O) groups excluding carboxylic acids is 3. The highest BCUT2D eigenvalue weighted by atomic mass is 32.1. The molecule has 0 aromatic carbocycles. The maximum absolute atomic E-state index is 12.6. The highest BCUT2D eigenvalue weighted by Gasteiger charge is 2.48. The van der Waals surface area contributed by atoms with Gasteiger partial charge in [0.1, 0.15) is 5.01 Å². The molecule has 1 saturated carbocycles. The minimum absolute atomic E-state index is 0.0161. The van der Waals surface area contributed by atoms with Crippen molar-refractivity contribution in [2.24, 2.45) is 11.8 Å². The summed E-state index contributed by atoms with van der Waals surface area (Å²) in [4.78, 5) is 47.5. The topological polar surface area (TPSA) is 73.8 Å². The number of hydrogen-bond acceptors (Lipinski definition) is 6. The van der Waals surface area contributed by atoms with Gasteiger partial charge in [-0.1, -0.05) is 12.8 Å². The summed E-state index contributed by atoms with van der Waals surface area (Å²) in [7, 11) is 0. The molecule has 1 aromatic heterocycles. The average Bonchev–Trinajstić information content (AvgIpc) is 3.19. The molecule has 0 radical (unpaired) electrons. The van der Waals surface area contributed by atoms with E-state index in [1.807, 2.05) is 17.2 Å². The van der Waals surface area contributed by atoms with Gasteiger partial charge in [-0.25, -0.2) is 4.98 Å². The maximum atomic E-state index is 12.6. The van der Waals surface area contributed by atoms with E-state index in [1.54, 1.807) is 0 Å². The summed E-state index contributed by atoms with van der Waals surface area (Å²) in [6, 6.07) is 0. The van der Waals surface area contributed by atoms with Crippen LogP contribution in [0.25, 0.3) is 0 Å². The third-order valence-corrected chi connectivity index (χ3v) is 6.93. The summed E-state index contributed by atoms with van der Waals surface area (Å²) >= 11 is 1.52. The maximum Gasteiger partial charge on any atom is 0.234 e. The molecule has 1 aromatic rings. The molecular formula is C19H26N4O3S. The Morgan fingerprint density at radius 3 is 2.30 bits per heavy atom. The number of thiazole rings is 1. The molecule has 27 heavy (non-hydrogen) atoms. The SMILES string of the molecule is Cc1csc(CC(=O)N2CCN(CN3C(=O)[C@H]4CCCC[C@H]4C3=O)CC2)n1. The van der Waals surface area contributed by atoms with E-state index in [1.165, 1.54) is 16.2 Å². The van der Waals surface area contributed by atoms with Gasteiger partial charge in [0.2, 0.25) is 17.7 Å². The number of fused-ring (bicyclic) bond motifs is 1. The van der Waals surface area contributed by atoms with Gasteiger partial charge < -0.3 is 4.90 Å². The quantitative estimate of drug-likeness (QED) is 0.724. The van der Waals surface area contributed by atoms with E-state index < -0.39 is 0 Å². The van der Waals surface area contributed by atoms with Crippen LogP contribution in [0, 0.1) is 18.8 Å². The fraction of sp³-hybridized carbons (Fsp3) is 0.684. The second-order valence-electron chi connectivity index (χ2n) is 7.80. The van der Waals surface area contributed by atoms with Gasteiger partial charge in [0.05, 0.1) is 24.9 Å². The summed E-state index contributed by atoms with van der Waals surface area (Å²) in [6.45, 7) is 4.95. The van der Waals surface area contributed by atoms with Gasteiger partial charge >= 0.3 is 0 Å². The van der Waals surface area contributed by atoms with Crippen LogP contribution in [0.15, 0.2) is 5.38 Å². The number of amides is 3. The van der Waals surface area contributed by atoms with Crippen molar-refractivity contribution in [2.75, 3.05) is 32.8 Å². The number of carbonyl (C=O) groups is 3. The summed E-state index contributed by atoms with van der Waals surface area (Å²) in [5.74, 6) is -0.0419. The highest BCUT2D eigenvalue weighted by Crippen LogP contribution is 2.38. The van der Waals surface area contributed by atoms with Crippen LogP contribution in [0.2, 0.25) is 0 Å². The first-order valence-electron chi connectivity index (χ1n) is 9.79. The van der Waals surface area contributed by atoms with Crippen molar-refractivity contribution >= 4 is 29.1 Å². The molecule has 146 valence electrons. The van der Waals surface area contributed by atoms with Crippen LogP contribution < -0.4 is 0 Å². The molecule has 0 unspecified atom stereocenters. The van der Waals surface area contributed by atoms with Gasteiger partial charge in [0.25, 0.3) is 0 Å². The van der Waals surface area contributed by atoms with Crippen LogP contribution in [-0.4, -0.2) is 70.3 Å². The van der Waals surface area contributed by atoms with Crippen LogP contribution in [0.1, 0.15) is 36.4 Å². The number of hydrogen-bond donors (Lipinski definition) is 0. The van der Waals surface area contributed by atoms with E-state index in [0.717, 1.165) is 36.4 Å². The van der Waals surface area contributed by atoms with Crippen molar-refractivity contribution in [1.29, 1.82) is 0 Å². The lowest BCUT2D eigenvalue weighted by Gasteiger charge is -2.36. The van der Waals surface area contributed by atoms with E-state index in [4.69, 9.17) is 0 Å². The molecule has 3 fully saturated rings. The lowest BCUT2D eigenvalue weighted by molar-refractivity contribution is -0.144. The van der Waals surface area contributed by atoms with Gasteiger partial charge in [-0.3, -0.25) is 24.2 Å². The van der Waals surface area contributed by atoms with Gasteiger partial charge in [-0.2, -0.15) is 0 Å². The Bertz CT molecular complexity index is 717. The Kier molecular flexibility index (Phi) is 5.27. The van der Waals surface area contributed by atoms with Crippen LogP contribution >= 0.6 is 11.3 Å². The molecule has 1 aliphatic carbocycles. The molecule has 0 bridgehead atoms. The van der Waals surface area contributed by atoms with Crippen LogP contribution in [-0.2, 0) is 20.8 Å². The monoisotopic (exact) mass is 390 g/mol. The first-order chi connectivity index (χ1) is 13.0. The number of aromatic nitrogens is 1. The smallest absolute Gasteiger partial charge is 0.234 e. The lowest BCUT2D eigenvalue weighted by Crippen LogP contribution is -2.52. The zero-order valence-corrected chi connectivity index (χ0v) is 16.5. The van der Waals surface area contributed by atoms with E-state index >= 15 is 0 Å². The predicted octanol–water partition coefficient (Wildman–Crippen LogP) is 1.27. The molecule has 7 nitrogen and oxygen atoms in total. The standard InChI is InChI=1S/C19H26N4O3S/c1-13-11-27-16(20-13)10-17(24)22-8-6-21(7-9-22)12-23-18(25)14-4-2-3-5-15(14)19(23)26/h11,14-15H,2-10,12H2,1H3/t14-,15+. The van der Waals surface area contributed by atoms with Crippen LogP contribution in [0.5, 0.6) is 0 Å². The molecule has 8 heteroatoms. The number of nitrogens with zero attached hydrogens (tertiary/aromatic N) is 4. The highest BCUT2D eigenvalue weighted by molar-refractivity contribution is 7.09. The molecule has 0 spiro atoms. The summed E-state index contributed by atoms with van der Waals surface area (Å²) < 4.78 is 0. The van der Waals surface area contributed by atoms with E-state index in [9.17, 15) is 14.4 Å². The molecular weight excluding hydrogens is 364 g/mol. The molecule has 2 saturated heterocycles. The minimum atomic E-state index is -0.0872. The van der Waals surface area contributed by atoms with Crippen molar-refractivity contribution in [3.8, 4) is 0 Å². The summed E-state index contributed by atoms with van der Waals surface area (Å²) in [6.07, 6.45) is 4.15. The van der Waals surface area contributed by atoms with Gasteiger partial charge in [-0.05, 0) is 19.8 Å².